The van der Waals surface area contributed by atoms with Crippen LogP contribution in [0, 0.1) is 6.92 Å². The molecule has 150 valence electrons. The van der Waals surface area contributed by atoms with Crippen LogP contribution in [-0.2, 0) is 14.6 Å². The van der Waals surface area contributed by atoms with Crippen LogP contribution in [0.3, 0.4) is 0 Å². The number of rotatable bonds is 8. The third-order valence-electron chi connectivity index (χ3n) is 4.46. The maximum absolute atomic E-state index is 12.5. The van der Waals surface area contributed by atoms with Gasteiger partial charge in [0.2, 0.25) is 5.91 Å². The summed E-state index contributed by atoms with van der Waals surface area (Å²) in [5.41, 5.74) is 1.86. The lowest BCUT2D eigenvalue weighted by molar-refractivity contribution is -0.113. The van der Waals surface area contributed by atoms with E-state index in [2.05, 4.69) is 5.32 Å². The molecule has 0 aliphatic carbocycles. The van der Waals surface area contributed by atoms with Crippen molar-refractivity contribution in [1.29, 1.82) is 0 Å². The van der Waals surface area contributed by atoms with Crippen molar-refractivity contribution < 1.29 is 18.0 Å². The minimum Gasteiger partial charge on any atom is -0.337 e. The van der Waals surface area contributed by atoms with Crippen molar-refractivity contribution in [3.63, 3.8) is 0 Å². The van der Waals surface area contributed by atoms with Crippen LogP contribution in [0.2, 0.25) is 0 Å². The van der Waals surface area contributed by atoms with Crippen molar-refractivity contribution in [2.24, 2.45) is 0 Å². The molecule has 1 heterocycles. The van der Waals surface area contributed by atoms with Crippen LogP contribution in [0.4, 0.5) is 5.69 Å². The van der Waals surface area contributed by atoms with Gasteiger partial charge in [0.25, 0.3) is 5.91 Å². The van der Waals surface area contributed by atoms with Crippen molar-refractivity contribution >= 4 is 39.1 Å². The second kappa shape index (κ2) is 10.1. The Hall–Kier alpha value is -1.54. The van der Waals surface area contributed by atoms with E-state index in [4.69, 9.17) is 0 Å². The number of carbonyl (C=O) groups excluding carboxylic acids is 2. The maximum atomic E-state index is 12.5. The first kappa shape index (κ1) is 21.8. The molecule has 2 amide bonds. The van der Waals surface area contributed by atoms with E-state index in [0.717, 1.165) is 43.0 Å². The smallest absolute Gasteiger partial charge is 0.253 e. The number of hydrogen-bond donors (Lipinski definition) is 1. The van der Waals surface area contributed by atoms with E-state index < -0.39 is 21.5 Å². The molecule has 1 aliphatic rings. The molecule has 1 aliphatic heterocycles. The van der Waals surface area contributed by atoms with Crippen LogP contribution >= 0.6 is 11.8 Å². The van der Waals surface area contributed by atoms with Gasteiger partial charge in [-0.3, -0.25) is 9.59 Å². The van der Waals surface area contributed by atoms with E-state index in [1.54, 1.807) is 25.1 Å². The Labute approximate surface area is 166 Å². The molecule has 1 aromatic rings. The third kappa shape index (κ3) is 6.84. The highest BCUT2D eigenvalue weighted by Gasteiger charge is 2.20. The van der Waals surface area contributed by atoms with Crippen LogP contribution in [0.25, 0.3) is 0 Å². The highest BCUT2D eigenvalue weighted by Crippen LogP contribution is 2.19. The number of amides is 2. The minimum atomic E-state index is -3.40. The molecule has 0 bridgehead atoms. The number of unbranched alkanes of at least 4 members (excludes halogenated alkanes) is 2. The molecular weight excluding hydrogens is 384 g/mol. The molecule has 1 saturated heterocycles. The first-order valence-corrected chi connectivity index (χ1v) is 12.3. The molecule has 1 aromatic carbocycles. The Bertz CT molecular complexity index is 772. The van der Waals surface area contributed by atoms with Crippen molar-refractivity contribution in [3.8, 4) is 0 Å². The number of hydrogen-bond acceptors (Lipinski definition) is 5. The standard InChI is InChI=1S/C19H28N2O4S2/c1-3-4-5-12-27(24,25)14-18(22)20-17-7-6-16(13-15(17)2)19(23)21-8-10-26-11-9-21/h6-7,13H,3-5,8-12,14H2,1-2H3,(H,20,22). The summed E-state index contributed by atoms with van der Waals surface area (Å²) in [5, 5.41) is 2.66. The molecule has 0 saturated carbocycles. The van der Waals surface area contributed by atoms with Gasteiger partial charge in [-0.15, -0.1) is 0 Å². The quantitative estimate of drug-likeness (QED) is 0.664. The Kier molecular flexibility index (Phi) is 8.16. The summed E-state index contributed by atoms with van der Waals surface area (Å²) >= 11 is 1.84. The average molecular weight is 413 g/mol. The van der Waals surface area contributed by atoms with Gasteiger partial charge in [0, 0.05) is 35.8 Å². The zero-order valence-corrected chi connectivity index (χ0v) is 17.6. The number of carbonyl (C=O) groups is 2. The summed E-state index contributed by atoms with van der Waals surface area (Å²) in [4.78, 5) is 26.5. The highest BCUT2D eigenvalue weighted by atomic mass is 32.2. The molecule has 2 rings (SSSR count). The third-order valence-corrected chi connectivity index (χ3v) is 7.01. The summed E-state index contributed by atoms with van der Waals surface area (Å²) in [6.45, 7) is 5.29. The molecule has 8 heteroatoms. The number of sulfone groups is 1. The monoisotopic (exact) mass is 412 g/mol. The van der Waals surface area contributed by atoms with Gasteiger partial charge in [-0.1, -0.05) is 19.8 Å². The van der Waals surface area contributed by atoms with Gasteiger partial charge >= 0.3 is 0 Å². The molecule has 1 N–H and O–H groups in total. The molecule has 0 radical (unpaired) electrons. The number of nitrogens with one attached hydrogen (secondary N) is 1. The van der Waals surface area contributed by atoms with Crippen LogP contribution in [-0.4, -0.2) is 61.2 Å². The van der Waals surface area contributed by atoms with E-state index in [9.17, 15) is 18.0 Å². The molecule has 0 aromatic heterocycles. The molecule has 6 nitrogen and oxygen atoms in total. The predicted octanol–water partition coefficient (Wildman–Crippen LogP) is 2.73. The van der Waals surface area contributed by atoms with E-state index in [1.807, 2.05) is 23.6 Å². The number of aryl methyl sites for hydroxylation is 1. The van der Waals surface area contributed by atoms with E-state index >= 15 is 0 Å². The maximum Gasteiger partial charge on any atom is 0.253 e. The lowest BCUT2D eigenvalue weighted by Crippen LogP contribution is -2.37. The Morgan fingerprint density at radius 1 is 1.19 bits per heavy atom. The largest absolute Gasteiger partial charge is 0.337 e. The van der Waals surface area contributed by atoms with Crippen molar-refractivity contribution in [2.45, 2.75) is 33.1 Å². The normalized spacial score (nSPS) is 14.8. The Morgan fingerprint density at radius 2 is 1.89 bits per heavy atom. The summed E-state index contributed by atoms with van der Waals surface area (Å²) in [6, 6.07) is 5.10. The Balaban J connectivity index is 1.97. The van der Waals surface area contributed by atoms with Gasteiger partial charge in [-0.25, -0.2) is 8.42 Å². The van der Waals surface area contributed by atoms with Gasteiger partial charge in [0.15, 0.2) is 9.84 Å². The van der Waals surface area contributed by atoms with Crippen LogP contribution < -0.4 is 5.32 Å². The van der Waals surface area contributed by atoms with Crippen LogP contribution in [0.5, 0.6) is 0 Å². The molecule has 0 atom stereocenters. The van der Waals surface area contributed by atoms with Crippen molar-refractivity contribution in [1.82, 2.24) is 4.90 Å². The highest BCUT2D eigenvalue weighted by molar-refractivity contribution is 7.99. The molecule has 0 unspecified atom stereocenters. The van der Waals surface area contributed by atoms with Gasteiger partial charge in [-0.2, -0.15) is 11.8 Å². The predicted molar refractivity (Wildman–Crippen MR) is 111 cm³/mol. The molecule has 1 fully saturated rings. The average Bonchev–Trinajstić information content (AvgIpc) is 2.63. The molecule has 0 spiro atoms. The number of benzene rings is 1. The van der Waals surface area contributed by atoms with Crippen LogP contribution in [0.1, 0.15) is 42.1 Å². The van der Waals surface area contributed by atoms with Crippen molar-refractivity contribution in [2.75, 3.05) is 41.4 Å². The molecule has 27 heavy (non-hydrogen) atoms. The minimum absolute atomic E-state index is 0.00483. The number of anilines is 1. The topological polar surface area (TPSA) is 83.5 Å². The summed E-state index contributed by atoms with van der Waals surface area (Å²) < 4.78 is 24.0. The van der Waals surface area contributed by atoms with Gasteiger partial charge in [0.05, 0.1) is 5.75 Å². The summed E-state index contributed by atoms with van der Waals surface area (Å²) in [7, 11) is -3.40. The number of thioether (sulfide) groups is 1. The summed E-state index contributed by atoms with van der Waals surface area (Å²) in [6.07, 6.45) is 2.35. The molecular formula is C19H28N2O4S2. The van der Waals surface area contributed by atoms with Gasteiger partial charge < -0.3 is 10.2 Å². The lowest BCUT2D eigenvalue weighted by Gasteiger charge is -2.26. The van der Waals surface area contributed by atoms with Gasteiger partial charge in [-0.05, 0) is 37.1 Å². The second-order valence-electron chi connectivity index (χ2n) is 6.78. The van der Waals surface area contributed by atoms with E-state index in [1.165, 1.54) is 0 Å². The second-order valence-corrected chi connectivity index (χ2v) is 10.2. The Morgan fingerprint density at radius 3 is 2.52 bits per heavy atom. The van der Waals surface area contributed by atoms with Crippen molar-refractivity contribution in [3.05, 3.63) is 29.3 Å². The first-order valence-electron chi connectivity index (χ1n) is 9.30. The zero-order valence-electron chi connectivity index (χ0n) is 16.0. The van der Waals surface area contributed by atoms with E-state index in [0.29, 0.717) is 17.7 Å². The first-order chi connectivity index (χ1) is 12.8. The fourth-order valence-corrected chi connectivity index (χ4v) is 5.08. The lowest BCUT2D eigenvalue weighted by atomic mass is 10.1. The van der Waals surface area contributed by atoms with E-state index in [-0.39, 0.29) is 11.7 Å². The zero-order chi connectivity index (χ0) is 19.9. The summed E-state index contributed by atoms with van der Waals surface area (Å²) in [5.74, 6) is 0.880. The fraction of sp³-hybridized carbons (Fsp3) is 0.579. The fourth-order valence-electron chi connectivity index (χ4n) is 2.92. The SMILES string of the molecule is CCCCCS(=O)(=O)CC(=O)Nc1ccc(C(=O)N2CCSCC2)cc1C. The van der Waals surface area contributed by atoms with Gasteiger partial charge in [0.1, 0.15) is 5.75 Å². The van der Waals surface area contributed by atoms with Crippen LogP contribution in [0.15, 0.2) is 18.2 Å². The number of nitrogens with zero attached hydrogens (tertiary/aromatic N) is 1.